The molecule has 1 N–H and O–H groups in total. The van der Waals surface area contributed by atoms with Crippen molar-refractivity contribution in [3.63, 3.8) is 0 Å². The smallest absolute Gasteiger partial charge is 0.261 e. The van der Waals surface area contributed by atoms with E-state index in [1.54, 1.807) is 11.8 Å². The third kappa shape index (κ3) is 6.06. The Morgan fingerprint density at radius 1 is 1.20 bits per heavy atom. The van der Waals surface area contributed by atoms with Crippen molar-refractivity contribution in [1.82, 2.24) is 20.3 Å². The SMILES string of the molecule is CCC(Oc1ccc(Br)cc1Br)C(=O)NCc1cn(Cc2ccc(OC)cc2)nn1. The van der Waals surface area contributed by atoms with Crippen LogP contribution in [0.25, 0.3) is 0 Å². The summed E-state index contributed by atoms with van der Waals surface area (Å²) in [6, 6.07) is 13.3. The normalized spacial score (nSPS) is 11.7. The molecule has 1 atom stereocenters. The number of halogens is 2. The highest BCUT2D eigenvalue weighted by Gasteiger charge is 2.19. The molecule has 2 aromatic carbocycles. The summed E-state index contributed by atoms with van der Waals surface area (Å²) in [5.41, 5.74) is 1.76. The standard InChI is InChI=1S/C21H22Br2N4O3/c1-3-19(30-20-9-6-15(22)10-18(20)23)21(28)24-11-16-13-27(26-25-16)12-14-4-7-17(29-2)8-5-14/h4-10,13,19H,3,11-12H2,1-2H3,(H,24,28). The predicted octanol–water partition coefficient (Wildman–Crippen LogP) is 4.33. The van der Waals surface area contributed by atoms with E-state index in [1.807, 2.05) is 55.6 Å². The summed E-state index contributed by atoms with van der Waals surface area (Å²) in [4.78, 5) is 12.6. The molecule has 0 fully saturated rings. The number of carbonyl (C=O) groups is 1. The van der Waals surface area contributed by atoms with Crippen LogP contribution in [0.4, 0.5) is 0 Å². The van der Waals surface area contributed by atoms with E-state index in [2.05, 4.69) is 47.5 Å². The highest BCUT2D eigenvalue weighted by atomic mass is 79.9. The van der Waals surface area contributed by atoms with Gasteiger partial charge in [-0.3, -0.25) is 4.79 Å². The summed E-state index contributed by atoms with van der Waals surface area (Å²) in [6.07, 6.45) is 1.76. The summed E-state index contributed by atoms with van der Waals surface area (Å²) < 4.78 is 14.5. The summed E-state index contributed by atoms with van der Waals surface area (Å²) >= 11 is 6.86. The van der Waals surface area contributed by atoms with Crippen molar-refractivity contribution in [2.24, 2.45) is 0 Å². The van der Waals surface area contributed by atoms with E-state index in [0.717, 1.165) is 20.3 Å². The maximum atomic E-state index is 12.6. The van der Waals surface area contributed by atoms with Crippen molar-refractivity contribution in [3.8, 4) is 11.5 Å². The van der Waals surface area contributed by atoms with Crippen molar-refractivity contribution < 1.29 is 14.3 Å². The maximum absolute atomic E-state index is 12.6. The van der Waals surface area contributed by atoms with Gasteiger partial charge in [0.05, 0.1) is 30.9 Å². The van der Waals surface area contributed by atoms with Crippen LogP contribution in [0.3, 0.4) is 0 Å². The highest BCUT2D eigenvalue weighted by Crippen LogP contribution is 2.29. The zero-order valence-electron chi connectivity index (χ0n) is 16.6. The highest BCUT2D eigenvalue weighted by molar-refractivity contribution is 9.11. The van der Waals surface area contributed by atoms with Crippen molar-refractivity contribution in [2.45, 2.75) is 32.5 Å². The minimum absolute atomic E-state index is 0.197. The van der Waals surface area contributed by atoms with Gasteiger partial charge in [-0.25, -0.2) is 4.68 Å². The number of carbonyl (C=O) groups excluding carboxylic acids is 1. The van der Waals surface area contributed by atoms with Gasteiger partial charge in [0.15, 0.2) is 6.10 Å². The molecule has 30 heavy (non-hydrogen) atoms. The number of amides is 1. The third-order valence-electron chi connectivity index (χ3n) is 4.36. The van der Waals surface area contributed by atoms with Gasteiger partial charge in [0.2, 0.25) is 0 Å². The van der Waals surface area contributed by atoms with Crippen LogP contribution in [0.1, 0.15) is 24.6 Å². The van der Waals surface area contributed by atoms with E-state index < -0.39 is 6.10 Å². The van der Waals surface area contributed by atoms with Gasteiger partial charge >= 0.3 is 0 Å². The molecule has 0 aliphatic rings. The van der Waals surface area contributed by atoms with Gasteiger partial charge in [0.1, 0.15) is 17.2 Å². The molecule has 1 heterocycles. The second-order valence-corrected chi connectivity index (χ2v) is 8.33. The number of ether oxygens (including phenoxy) is 2. The topological polar surface area (TPSA) is 78.3 Å². The molecule has 0 bridgehead atoms. The second kappa shape index (κ2) is 10.6. The summed E-state index contributed by atoms with van der Waals surface area (Å²) in [5, 5.41) is 11.1. The van der Waals surface area contributed by atoms with Gasteiger partial charge < -0.3 is 14.8 Å². The molecule has 1 amide bonds. The van der Waals surface area contributed by atoms with E-state index in [1.165, 1.54) is 0 Å². The Balaban J connectivity index is 1.54. The predicted molar refractivity (Wildman–Crippen MR) is 121 cm³/mol. The second-order valence-electron chi connectivity index (χ2n) is 6.56. The first-order valence-electron chi connectivity index (χ1n) is 9.40. The molecule has 158 valence electrons. The Labute approximate surface area is 192 Å². The number of rotatable bonds is 9. The summed E-state index contributed by atoms with van der Waals surface area (Å²) in [5.74, 6) is 1.23. The number of nitrogens with one attached hydrogen (secondary N) is 1. The molecule has 1 aromatic heterocycles. The van der Waals surface area contributed by atoms with E-state index in [4.69, 9.17) is 9.47 Å². The van der Waals surface area contributed by atoms with Crippen molar-refractivity contribution >= 4 is 37.8 Å². The van der Waals surface area contributed by atoms with Crippen LogP contribution in [-0.4, -0.2) is 34.1 Å². The quantitative estimate of drug-likeness (QED) is 0.439. The number of aromatic nitrogens is 3. The van der Waals surface area contributed by atoms with Gasteiger partial charge in [0, 0.05) is 4.47 Å². The van der Waals surface area contributed by atoms with Gasteiger partial charge in [-0.15, -0.1) is 5.10 Å². The molecular weight excluding hydrogens is 516 g/mol. The van der Waals surface area contributed by atoms with Gasteiger partial charge in [-0.2, -0.15) is 0 Å². The lowest BCUT2D eigenvalue weighted by Crippen LogP contribution is -2.37. The average Bonchev–Trinajstić information content (AvgIpc) is 3.19. The fourth-order valence-electron chi connectivity index (χ4n) is 2.75. The van der Waals surface area contributed by atoms with Crippen LogP contribution >= 0.6 is 31.9 Å². The lowest BCUT2D eigenvalue weighted by molar-refractivity contribution is -0.128. The number of nitrogens with zero attached hydrogens (tertiary/aromatic N) is 3. The molecule has 0 saturated heterocycles. The first-order chi connectivity index (χ1) is 14.5. The van der Waals surface area contributed by atoms with Crippen LogP contribution in [0.2, 0.25) is 0 Å². The molecule has 3 rings (SSSR count). The molecule has 3 aromatic rings. The summed E-state index contributed by atoms with van der Waals surface area (Å²) in [6.45, 7) is 2.77. The number of hydrogen-bond acceptors (Lipinski definition) is 5. The van der Waals surface area contributed by atoms with Crippen LogP contribution in [-0.2, 0) is 17.9 Å². The molecule has 1 unspecified atom stereocenters. The van der Waals surface area contributed by atoms with Crippen molar-refractivity contribution in [3.05, 3.63) is 68.9 Å². The van der Waals surface area contributed by atoms with Crippen LogP contribution < -0.4 is 14.8 Å². The van der Waals surface area contributed by atoms with E-state index >= 15 is 0 Å². The van der Waals surface area contributed by atoms with Crippen LogP contribution in [0.5, 0.6) is 11.5 Å². The van der Waals surface area contributed by atoms with Gasteiger partial charge in [-0.1, -0.05) is 40.2 Å². The van der Waals surface area contributed by atoms with Crippen LogP contribution in [0, 0.1) is 0 Å². The zero-order chi connectivity index (χ0) is 21.5. The fraction of sp³-hybridized carbons (Fsp3) is 0.286. The lowest BCUT2D eigenvalue weighted by atomic mass is 10.2. The van der Waals surface area contributed by atoms with E-state index in [-0.39, 0.29) is 12.5 Å². The molecule has 0 radical (unpaired) electrons. The molecule has 0 aliphatic carbocycles. The molecule has 7 nitrogen and oxygen atoms in total. The first kappa shape index (κ1) is 22.3. The molecule has 0 aliphatic heterocycles. The van der Waals surface area contributed by atoms with Gasteiger partial charge in [0.25, 0.3) is 5.91 Å². The van der Waals surface area contributed by atoms with E-state index in [0.29, 0.717) is 24.4 Å². The largest absolute Gasteiger partial charge is 0.497 e. The summed E-state index contributed by atoms with van der Waals surface area (Å²) in [7, 11) is 1.64. The fourth-order valence-corrected chi connectivity index (χ4v) is 3.89. The number of hydrogen-bond donors (Lipinski definition) is 1. The van der Waals surface area contributed by atoms with Gasteiger partial charge in [-0.05, 0) is 58.2 Å². The average molecular weight is 538 g/mol. The maximum Gasteiger partial charge on any atom is 0.261 e. The van der Waals surface area contributed by atoms with Crippen LogP contribution in [0.15, 0.2) is 57.6 Å². The monoisotopic (exact) mass is 536 g/mol. The molecule has 0 spiro atoms. The Morgan fingerprint density at radius 2 is 1.97 bits per heavy atom. The lowest BCUT2D eigenvalue weighted by Gasteiger charge is -2.18. The number of methoxy groups -OCH3 is 1. The van der Waals surface area contributed by atoms with E-state index in [9.17, 15) is 4.79 Å². The first-order valence-corrected chi connectivity index (χ1v) is 11.0. The van der Waals surface area contributed by atoms with Crippen molar-refractivity contribution in [1.29, 1.82) is 0 Å². The Bertz CT molecular complexity index is 992. The van der Waals surface area contributed by atoms with Crippen molar-refractivity contribution in [2.75, 3.05) is 7.11 Å². The Hall–Kier alpha value is -2.39. The number of benzene rings is 2. The zero-order valence-corrected chi connectivity index (χ0v) is 19.8. The molecule has 9 heteroatoms. The Kier molecular flexibility index (Phi) is 7.87. The molecule has 0 saturated carbocycles. The molecular formula is C21H22Br2N4O3. The minimum atomic E-state index is -0.600. The third-order valence-corrected chi connectivity index (χ3v) is 5.47. The minimum Gasteiger partial charge on any atom is -0.497 e. The Morgan fingerprint density at radius 3 is 2.63 bits per heavy atom.